The van der Waals surface area contributed by atoms with Crippen LogP contribution in [-0.4, -0.2) is 21.8 Å². The van der Waals surface area contributed by atoms with Gasteiger partial charge >= 0.3 is 10.4 Å². The second kappa shape index (κ2) is 3.12. The van der Waals surface area contributed by atoms with E-state index in [1.54, 1.807) is 21.7 Å². The minimum absolute atomic E-state index is 0.776. The van der Waals surface area contributed by atoms with Crippen molar-refractivity contribution in [3.63, 3.8) is 0 Å². The summed E-state index contributed by atoms with van der Waals surface area (Å²) in [6, 6.07) is 0. The van der Waals surface area contributed by atoms with Crippen molar-refractivity contribution < 1.29 is 16.2 Å². The van der Waals surface area contributed by atoms with Crippen LogP contribution >= 0.6 is 12.9 Å². The smallest absolute Gasteiger partial charge is 0.251 e. The molecule has 60 valence electrons. The third-order valence-corrected chi connectivity index (χ3v) is 1.88. The molecule has 0 heterocycles. The van der Waals surface area contributed by atoms with Crippen molar-refractivity contribution in [1.29, 1.82) is 0 Å². The summed E-state index contributed by atoms with van der Waals surface area (Å²) in [6.45, 7) is 3.19. The molecule has 0 spiro atoms. The molecule has 0 saturated carbocycles. The Bertz CT molecular complexity index is 191. The maximum atomic E-state index is 10.5. The molecule has 0 aromatic rings. The van der Waals surface area contributed by atoms with Gasteiger partial charge in [0, 0.05) is 0 Å². The fraction of sp³-hybridized carbons (Fsp3) is 1.00. The van der Waals surface area contributed by atoms with Gasteiger partial charge in [0.1, 0.15) is 7.85 Å². The van der Waals surface area contributed by atoms with Gasteiger partial charge in [-0.05, 0) is 26.8 Å². The zero-order chi connectivity index (χ0) is 8.41. The van der Waals surface area contributed by atoms with E-state index in [9.17, 15) is 8.42 Å². The first-order chi connectivity index (χ1) is 4.27. The summed E-state index contributed by atoms with van der Waals surface area (Å²) in [6.07, 6.45) is 0. The van der Waals surface area contributed by atoms with Gasteiger partial charge in [0.15, 0.2) is 0 Å². The molecule has 0 aliphatic rings. The van der Waals surface area contributed by atoms with Crippen molar-refractivity contribution in [3.05, 3.63) is 0 Å². The van der Waals surface area contributed by atoms with Crippen molar-refractivity contribution >= 4 is 31.2 Å². The summed E-state index contributed by atoms with van der Waals surface area (Å²) < 4.78 is 29.2. The molecule has 0 atom stereocenters. The molecule has 0 aromatic heterocycles. The molecule has 0 rings (SSSR count). The number of thiol groups is 1. The van der Waals surface area contributed by atoms with Crippen LogP contribution in [-0.2, 0) is 18.2 Å². The third kappa shape index (κ3) is 5.10. The van der Waals surface area contributed by atoms with Crippen LogP contribution in [0.3, 0.4) is 0 Å². The molecule has 10 heavy (non-hydrogen) atoms. The zero-order valence-electron chi connectivity index (χ0n) is 5.99. The zero-order valence-corrected chi connectivity index (χ0v) is 7.70. The second-order valence-electron chi connectivity index (χ2n) is 2.68. The summed E-state index contributed by atoms with van der Waals surface area (Å²) in [4.78, 5) is 0. The second-order valence-corrected chi connectivity index (χ2v) is 4.26. The molecule has 0 unspecified atom stereocenters. The van der Waals surface area contributed by atoms with Gasteiger partial charge in [0.2, 0.25) is 0 Å². The number of hydrogen-bond acceptors (Lipinski definition) is 5. The average Bonchev–Trinajstić information content (AvgIpc) is 1.60. The predicted octanol–water partition coefficient (Wildman–Crippen LogP) is -0.522. The predicted molar refractivity (Wildman–Crippen MR) is 42.7 cm³/mol. The molecule has 0 fully saturated rings. The first-order valence-corrected chi connectivity index (χ1v) is 4.25. The molecule has 0 saturated heterocycles. The monoisotopic (exact) mass is 184 g/mol. The fourth-order valence-electron chi connectivity index (χ4n) is 0.321. The highest BCUT2D eigenvalue weighted by Crippen LogP contribution is 2.10. The van der Waals surface area contributed by atoms with E-state index < -0.39 is 15.9 Å². The lowest BCUT2D eigenvalue weighted by Gasteiger charge is -2.16. The van der Waals surface area contributed by atoms with Crippen LogP contribution in [0.5, 0.6) is 0 Å². The van der Waals surface area contributed by atoms with Crippen LogP contribution in [0.15, 0.2) is 0 Å². The Balaban J connectivity index is 4.18. The third-order valence-electron chi connectivity index (χ3n) is 0.443. The Morgan fingerprint density at radius 1 is 1.50 bits per heavy atom. The molecule has 0 radical (unpaired) electrons. The van der Waals surface area contributed by atoms with E-state index >= 15 is 0 Å². The van der Waals surface area contributed by atoms with E-state index in [-0.39, 0.29) is 0 Å². The van der Waals surface area contributed by atoms with E-state index in [1.807, 2.05) is 0 Å². The van der Waals surface area contributed by atoms with Crippen LogP contribution in [0.25, 0.3) is 0 Å². The molecule has 0 bridgehead atoms. The van der Waals surface area contributed by atoms with Gasteiger partial charge in [-0.15, -0.1) is 0 Å². The van der Waals surface area contributed by atoms with Gasteiger partial charge < -0.3 is 0 Å². The fourth-order valence-corrected chi connectivity index (χ4v) is 1.06. The molecule has 0 aliphatic heterocycles. The van der Waals surface area contributed by atoms with E-state index in [1.165, 1.54) is 0 Å². The molecular weight excluding hydrogens is 175 g/mol. The molecule has 0 amide bonds. The maximum absolute atomic E-state index is 10.5. The normalized spacial score (nSPS) is 13.5. The number of rotatable bonds is 3. The SMILES string of the molecule is BC(C)(C)OS(=O)(=O)OS. The van der Waals surface area contributed by atoms with Crippen molar-refractivity contribution in [1.82, 2.24) is 0 Å². The van der Waals surface area contributed by atoms with Gasteiger partial charge in [-0.25, -0.2) is 0 Å². The highest BCUT2D eigenvalue weighted by Gasteiger charge is 2.21. The Labute approximate surface area is 67.3 Å². The quantitative estimate of drug-likeness (QED) is 0.364. The van der Waals surface area contributed by atoms with Gasteiger partial charge in [-0.3, -0.25) is 4.18 Å². The minimum atomic E-state index is -3.91. The summed E-state index contributed by atoms with van der Waals surface area (Å²) >= 11 is 3.10. The molecule has 4 nitrogen and oxygen atoms in total. The van der Waals surface area contributed by atoms with Crippen LogP contribution in [0.1, 0.15) is 13.8 Å². The Kier molecular flexibility index (Phi) is 3.21. The lowest BCUT2D eigenvalue weighted by molar-refractivity contribution is 0.185. The van der Waals surface area contributed by atoms with Crippen molar-refractivity contribution in [2.75, 3.05) is 0 Å². The first kappa shape index (κ1) is 10.3. The summed E-state index contributed by atoms with van der Waals surface area (Å²) in [5.41, 5.74) is -0.776. The average molecular weight is 184 g/mol. The van der Waals surface area contributed by atoms with Crippen molar-refractivity contribution in [2.24, 2.45) is 0 Å². The van der Waals surface area contributed by atoms with E-state index in [4.69, 9.17) is 0 Å². The highest BCUT2D eigenvalue weighted by atomic mass is 32.3. The Morgan fingerprint density at radius 2 is 1.90 bits per heavy atom. The largest absolute Gasteiger partial charge is 0.410 e. The summed E-state index contributed by atoms with van der Waals surface area (Å²) in [5.74, 6) is 0. The van der Waals surface area contributed by atoms with Gasteiger partial charge in [-0.1, -0.05) is 0 Å². The lowest BCUT2D eigenvalue weighted by atomic mass is 9.86. The van der Waals surface area contributed by atoms with Crippen LogP contribution in [0, 0.1) is 0 Å². The van der Waals surface area contributed by atoms with Crippen LogP contribution < -0.4 is 0 Å². The number of hydrogen-bond donors (Lipinski definition) is 1. The topological polar surface area (TPSA) is 52.6 Å². The summed E-state index contributed by atoms with van der Waals surface area (Å²) in [7, 11) is -2.32. The van der Waals surface area contributed by atoms with Crippen molar-refractivity contribution in [3.8, 4) is 0 Å². The molecule has 0 aliphatic carbocycles. The van der Waals surface area contributed by atoms with Gasteiger partial charge in [0.05, 0.1) is 5.50 Å². The van der Waals surface area contributed by atoms with Gasteiger partial charge in [-0.2, -0.15) is 12.0 Å². The van der Waals surface area contributed by atoms with Crippen LogP contribution in [0.2, 0.25) is 0 Å². The lowest BCUT2D eigenvalue weighted by Crippen LogP contribution is -2.28. The molecule has 0 aromatic carbocycles. The maximum Gasteiger partial charge on any atom is 0.410 e. The molecule has 0 N–H and O–H groups in total. The van der Waals surface area contributed by atoms with Crippen LogP contribution in [0.4, 0.5) is 0 Å². The van der Waals surface area contributed by atoms with E-state index in [2.05, 4.69) is 20.7 Å². The summed E-state index contributed by atoms with van der Waals surface area (Å²) in [5, 5.41) is 0. The Hall–Kier alpha value is 0.285. The van der Waals surface area contributed by atoms with E-state index in [0.29, 0.717) is 0 Å². The standard InChI is InChI=1S/C3H9BO4S2/c1-3(2,4)7-10(5,6)8-9/h9H,4H2,1-2H3. The minimum Gasteiger partial charge on any atom is -0.251 e. The molecular formula is C3H9BO4S2. The highest BCUT2D eigenvalue weighted by molar-refractivity contribution is 7.92. The van der Waals surface area contributed by atoms with Crippen molar-refractivity contribution in [2.45, 2.75) is 19.3 Å². The Morgan fingerprint density at radius 3 is 2.00 bits per heavy atom. The van der Waals surface area contributed by atoms with Gasteiger partial charge in [0.25, 0.3) is 0 Å². The first-order valence-electron chi connectivity index (χ1n) is 2.55. The van der Waals surface area contributed by atoms with E-state index in [0.717, 1.165) is 0 Å². The molecule has 7 heteroatoms.